The predicted octanol–water partition coefficient (Wildman–Crippen LogP) is 6.92. The zero-order chi connectivity index (χ0) is 23.0. The van der Waals surface area contributed by atoms with Crippen LogP contribution in [0.25, 0.3) is 11.1 Å². The number of methoxy groups -OCH3 is 1. The molecule has 0 N–H and O–H groups in total. The molecule has 3 aliphatic rings. The molecule has 1 aliphatic heterocycles. The van der Waals surface area contributed by atoms with E-state index in [-0.39, 0.29) is 0 Å². The summed E-state index contributed by atoms with van der Waals surface area (Å²) in [5.74, 6) is 3.60. The number of rotatable bonds is 5. The van der Waals surface area contributed by atoms with Crippen molar-refractivity contribution in [3.63, 3.8) is 0 Å². The van der Waals surface area contributed by atoms with Gasteiger partial charge in [-0.15, -0.1) is 0 Å². The fourth-order valence-corrected chi connectivity index (χ4v) is 6.72. The lowest BCUT2D eigenvalue weighted by atomic mass is 9.82. The number of benzene rings is 2. The number of ether oxygens (including phenoxy) is 1. The smallest absolute Gasteiger partial charge is 0.122 e. The quantitative estimate of drug-likeness (QED) is 0.504. The predicted molar refractivity (Wildman–Crippen MR) is 134 cm³/mol. The minimum atomic E-state index is -0.463. The number of nitriles is 1. The van der Waals surface area contributed by atoms with Gasteiger partial charge in [0.15, 0.2) is 0 Å². The Labute approximate surface area is 199 Å². The van der Waals surface area contributed by atoms with Crippen molar-refractivity contribution in [2.24, 2.45) is 11.8 Å². The third-order valence-electron chi connectivity index (χ3n) is 8.80. The molecule has 174 valence electrons. The van der Waals surface area contributed by atoms with Crippen LogP contribution in [-0.2, 0) is 5.41 Å². The number of hydrogen-bond donors (Lipinski definition) is 0. The number of piperidine rings is 1. The van der Waals surface area contributed by atoms with Crippen molar-refractivity contribution in [2.75, 3.05) is 20.2 Å². The molecule has 2 saturated carbocycles. The molecule has 0 spiro atoms. The van der Waals surface area contributed by atoms with E-state index in [9.17, 15) is 5.26 Å². The first-order valence-electron chi connectivity index (χ1n) is 12.9. The third kappa shape index (κ3) is 4.56. The van der Waals surface area contributed by atoms with E-state index >= 15 is 0 Å². The summed E-state index contributed by atoms with van der Waals surface area (Å²) in [6, 6.07) is 18.4. The van der Waals surface area contributed by atoms with Crippen LogP contribution in [-0.4, -0.2) is 31.1 Å². The van der Waals surface area contributed by atoms with Gasteiger partial charge in [-0.3, -0.25) is 0 Å². The SMILES string of the molecule is COc1ccc(-c2ccc(C(C)(C)C#N)cc2)cc1C1CCN(C2CC3CCC(C3)C2)CC1. The number of likely N-dealkylation sites (tertiary alicyclic amines) is 1. The molecule has 3 fully saturated rings. The molecule has 33 heavy (non-hydrogen) atoms. The van der Waals surface area contributed by atoms with Crippen molar-refractivity contribution in [3.05, 3.63) is 53.6 Å². The van der Waals surface area contributed by atoms with Crippen molar-refractivity contribution in [3.8, 4) is 22.9 Å². The van der Waals surface area contributed by atoms with Gasteiger partial charge in [0, 0.05) is 6.04 Å². The van der Waals surface area contributed by atoms with Crippen LogP contribution < -0.4 is 4.74 Å². The molecule has 0 aromatic heterocycles. The minimum Gasteiger partial charge on any atom is -0.496 e. The number of fused-ring (bicyclic) bond motifs is 2. The number of nitrogens with zero attached hydrogens (tertiary/aromatic N) is 2. The van der Waals surface area contributed by atoms with E-state index in [0.717, 1.165) is 29.2 Å². The molecule has 0 amide bonds. The monoisotopic (exact) mass is 442 g/mol. The highest BCUT2D eigenvalue weighted by molar-refractivity contribution is 5.66. The van der Waals surface area contributed by atoms with Gasteiger partial charge in [-0.05, 0) is 111 Å². The second-order valence-corrected chi connectivity index (χ2v) is 11.3. The van der Waals surface area contributed by atoms with Crippen LogP contribution in [0.15, 0.2) is 42.5 Å². The normalized spacial score (nSPS) is 26.2. The Balaban J connectivity index is 1.31. The summed E-state index contributed by atoms with van der Waals surface area (Å²) >= 11 is 0. The fourth-order valence-electron chi connectivity index (χ4n) is 6.72. The first kappa shape index (κ1) is 22.5. The van der Waals surface area contributed by atoms with E-state index in [4.69, 9.17) is 4.74 Å². The molecule has 2 bridgehead atoms. The summed E-state index contributed by atoms with van der Waals surface area (Å²) in [4.78, 5) is 2.81. The van der Waals surface area contributed by atoms with Gasteiger partial charge in [0.25, 0.3) is 0 Å². The molecule has 2 aromatic carbocycles. The first-order valence-corrected chi connectivity index (χ1v) is 12.9. The molecule has 3 heteroatoms. The maximum absolute atomic E-state index is 9.44. The lowest BCUT2D eigenvalue weighted by Gasteiger charge is -2.41. The topological polar surface area (TPSA) is 36.3 Å². The van der Waals surface area contributed by atoms with Crippen LogP contribution in [0.5, 0.6) is 5.75 Å². The van der Waals surface area contributed by atoms with Crippen LogP contribution in [0, 0.1) is 23.2 Å². The van der Waals surface area contributed by atoms with Crippen LogP contribution in [0.4, 0.5) is 0 Å². The summed E-state index contributed by atoms with van der Waals surface area (Å²) in [5.41, 5.74) is 4.39. The Bertz CT molecular complexity index is 999. The average molecular weight is 443 g/mol. The summed E-state index contributed by atoms with van der Waals surface area (Å²) in [5, 5.41) is 9.44. The Morgan fingerprint density at radius 1 is 0.879 bits per heavy atom. The van der Waals surface area contributed by atoms with E-state index in [2.05, 4.69) is 53.4 Å². The first-order chi connectivity index (χ1) is 16.0. The minimum absolute atomic E-state index is 0.463. The van der Waals surface area contributed by atoms with Crippen molar-refractivity contribution < 1.29 is 4.74 Å². The maximum Gasteiger partial charge on any atom is 0.122 e. The van der Waals surface area contributed by atoms with Gasteiger partial charge in [0.2, 0.25) is 0 Å². The van der Waals surface area contributed by atoms with E-state index in [1.807, 2.05) is 13.8 Å². The molecule has 1 saturated heterocycles. The highest BCUT2D eigenvalue weighted by Gasteiger charge is 2.37. The summed E-state index contributed by atoms with van der Waals surface area (Å²) in [6.07, 6.45) is 9.80. The second kappa shape index (κ2) is 9.15. The second-order valence-electron chi connectivity index (χ2n) is 11.3. The van der Waals surface area contributed by atoms with E-state index in [0.29, 0.717) is 5.92 Å². The molecule has 2 unspecified atom stereocenters. The van der Waals surface area contributed by atoms with E-state index < -0.39 is 5.41 Å². The Kier molecular flexibility index (Phi) is 6.23. The molecule has 3 nitrogen and oxygen atoms in total. The lowest BCUT2D eigenvalue weighted by molar-refractivity contribution is 0.0980. The maximum atomic E-state index is 9.44. The molecule has 2 atom stereocenters. The van der Waals surface area contributed by atoms with Gasteiger partial charge in [-0.25, -0.2) is 0 Å². The summed E-state index contributed by atoms with van der Waals surface area (Å²) < 4.78 is 5.80. The van der Waals surface area contributed by atoms with E-state index in [1.165, 1.54) is 74.7 Å². The van der Waals surface area contributed by atoms with Gasteiger partial charge in [0.05, 0.1) is 18.6 Å². The van der Waals surface area contributed by atoms with Crippen LogP contribution >= 0.6 is 0 Å². The van der Waals surface area contributed by atoms with Crippen molar-refractivity contribution in [2.45, 2.75) is 76.2 Å². The fraction of sp³-hybridized carbons (Fsp3) is 0.567. The molecule has 1 heterocycles. The number of hydrogen-bond acceptors (Lipinski definition) is 3. The van der Waals surface area contributed by atoms with Gasteiger partial charge < -0.3 is 9.64 Å². The van der Waals surface area contributed by atoms with Gasteiger partial charge >= 0.3 is 0 Å². The van der Waals surface area contributed by atoms with Crippen molar-refractivity contribution in [1.82, 2.24) is 4.90 Å². The standard InChI is InChI=1S/C30H38N2O/c1-30(2,20-31)26-9-6-23(7-10-26)25-8-11-29(33-3)28(19-25)24-12-14-32(15-13-24)27-17-21-4-5-22(16-21)18-27/h6-11,19,21-22,24,27H,4-5,12-18H2,1-3H3. The van der Waals surface area contributed by atoms with Crippen molar-refractivity contribution in [1.29, 1.82) is 5.26 Å². The summed E-state index contributed by atoms with van der Waals surface area (Å²) in [7, 11) is 1.80. The molecule has 5 rings (SSSR count). The average Bonchev–Trinajstić information content (AvgIpc) is 3.21. The third-order valence-corrected chi connectivity index (χ3v) is 8.80. The van der Waals surface area contributed by atoms with Crippen LogP contribution in [0.1, 0.15) is 75.8 Å². The highest BCUT2D eigenvalue weighted by atomic mass is 16.5. The van der Waals surface area contributed by atoms with Gasteiger partial charge in [-0.2, -0.15) is 5.26 Å². The lowest BCUT2D eigenvalue weighted by Crippen LogP contribution is -2.43. The molecular formula is C30H38N2O. The van der Waals surface area contributed by atoms with Crippen LogP contribution in [0.3, 0.4) is 0 Å². The molecule has 2 aromatic rings. The van der Waals surface area contributed by atoms with Crippen molar-refractivity contribution >= 4 is 0 Å². The molecule has 2 aliphatic carbocycles. The Morgan fingerprint density at radius 2 is 1.52 bits per heavy atom. The van der Waals surface area contributed by atoms with Gasteiger partial charge in [-0.1, -0.05) is 43.2 Å². The Hall–Kier alpha value is -2.31. The largest absolute Gasteiger partial charge is 0.496 e. The zero-order valence-electron chi connectivity index (χ0n) is 20.5. The molecule has 0 radical (unpaired) electrons. The van der Waals surface area contributed by atoms with Crippen LogP contribution in [0.2, 0.25) is 0 Å². The van der Waals surface area contributed by atoms with E-state index in [1.54, 1.807) is 7.11 Å². The highest BCUT2D eigenvalue weighted by Crippen LogP contribution is 2.45. The van der Waals surface area contributed by atoms with Gasteiger partial charge in [0.1, 0.15) is 5.75 Å². The zero-order valence-corrected chi connectivity index (χ0v) is 20.5. The Morgan fingerprint density at radius 3 is 2.12 bits per heavy atom. The molecular weight excluding hydrogens is 404 g/mol. The summed E-state index contributed by atoms with van der Waals surface area (Å²) in [6.45, 7) is 6.39.